The Morgan fingerprint density at radius 3 is 2.20 bits per heavy atom. The fraction of sp³-hybridized carbons (Fsp3) is 0.909. The lowest BCUT2D eigenvalue weighted by atomic mass is 9.89. The monoisotopic (exact) mass is 216 g/mol. The standard InChI is InChI=1S/C11H24N2O2/c1-6-15-11(14)9(7-12)10(8(2)3)13(4)5/h8-10H,6-7,12H2,1-5H3/t9-,10+/m1/s1. The molecular weight excluding hydrogens is 192 g/mol. The van der Waals surface area contributed by atoms with Crippen LogP contribution in [0.3, 0.4) is 0 Å². The Morgan fingerprint density at radius 1 is 1.40 bits per heavy atom. The number of esters is 1. The van der Waals surface area contributed by atoms with Crippen LogP contribution in [0.25, 0.3) is 0 Å². The summed E-state index contributed by atoms with van der Waals surface area (Å²) < 4.78 is 5.03. The number of nitrogens with two attached hydrogens (primary N) is 1. The summed E-state index contributed by atoms with van der Waals surface area (Å²) >= 11 is 0. The number of hydrogen-bond acceptors (Lipinski definition) is 4. The molecule has 0 fully saturated rings. The summed E-state index contributed by atoms with van der Waals surface area (Å²) in [5.41, 5.74) is 5.65. The van der Waals surface area contributed by atoms with Crippen LogP contribution in [0.2, 0.25) is 0 Å². The number of ether oxygens (including phenoxy) is 1. The van der Waals surface area contributed by atoms with E-state index in [0.29, 0.717) is 19.1 Å². The van der Waals surface area contributed by atoms with Gasteiger partial charge in [-0.2, -0.15) is 0 Å². The van der Waals surface area contributed by atoms with E-state index >= 15 is 0 Å². The molecule has 4 nitrogen and oxygen atoms in total. The van der Waals surface area contributed by atoms with Gasteiger partial charge < -0.3 is 15.4 Å². The van der Waals surface area contributed by atoms with Crippen molar-refractivity contribution in [1.29, 1.82) is 0 Å². The van der Waals surface area contributed by atoms with Gasteiger partial charge in [0.2, 0.25) is 0 Å². The second-order valence-corrected chi connectivity index (χ2v) is 4.29. The van der Waals surface area contributed by atoms with Crippen molar-refractivity contribution in [3.63, 3.8) is 0 Å². The van der Waals surface area contributed by atoms with Gasteiger partial charge in [-0.15, -0.1) is 0 Å². The van der Waals surface area contributed by atoms with E-state index in [1.165, 1.54) is 0 Å². The van der Waals surface area contributed by atoms with Gasteiger partial charge in [-0.1, -0.05) is 13.8 Å². The second kappa shape index (κ2) is 6.80. The quantitative estimate of drug-likeness (QED) is 0.664. The van der Waals surface area contributed by atoms with Crippen molar-refractivity contribution in [2.45, 2.75) is 26.8 Å². The third kappa shape index (κ3) is 4.18. The van der Waals surface area contributed by atoms with Gasteiger partial charge >= 0.3 is 5.97 Å². The maximum absolute atomic E-state index is 11.7. The predicted molar refractivity (Wildman–Crippen MR) is 61.5 cm³/mol. The smallest absolute Gasteiger partial charge is 0.311 e. The van der Waals surface area contributed by atoms with E-state index in [0.717, 1.165) is 0 Å². The van der Waals surface area contributed by atoms with Crippen molar-refractivity contribution in [1.82, 2.24) is 4.90 Å². The first kappa shape index (κ1) is 14.4. The van der Waals surface area contributed by atoms with E-state index in [1.807, 2.05) is 25.9 Å². The van der Waals surface area contributed by atoms with Crippen LogP contribution < -0.4 is 5.73 Å². The molecule has 0 aliphatic heterocycles. The normalized spacial score (nSPS) is 15.5. The Balaban J connectivity index is 4.66. The van der Waals surface area contributed by atoms with Gasteiger partial charge in [-0.25, -0.2) is 0 Å². The van der Waals surface area contributed by atoms with E-state index in [1.54, 1.807) is 0 Å². The third-order valence-electron chi connectivity index (χ3n) is 2.53. The highest BCUT2D eigenvalue weighted by molar-refractivity contribution is 5.73. The number of rotatable bonds is 6. The van der Waals surface area contributed by atoms with Crippen molar-refractivity contribution in [3.8, 4) is 0 Å². The summed E-state index contributed by atoms with van der Waals surface area (Å²) in [6, 6.07) is 0.133. The zero-order valence-electron chi connectivity index (χ0n) is 10.5. The highest BCUT2D eigenvalue weighted by Crippen LogP contribution is 2.18. The zero-order valence-corrected chi connectivity index (χ0v) is 10.5. The first-order valence-electron chi connectivity index (χ1n) is 5.48. The van der Waals surface area contributed by atoms with Crippen LogP contribution in [-0.2, 0) is 9.53 Å². The van der Waals surface area contributed by atoms with Crippen LogP contribution >= 0.6 is 0 Å². The van der Waals surface area contributed by atoms with Gasteiger partial charge in [0.15, 0.2) is 0 Å². The predicted octanol–water partition coefficient (Wildman–Crippen LogP) is 0.711. The van der Waals surface area contributed by atoms with Crippen molar-refractivity contribution in [2.75, 3.05) is 27.2 Å². The maximum atomic E-state index is 11.7. The molecule has 0 saturated heterocycles. The minimum Gasteiger partial charge on any atom is -0.466 e. The Labute approximate surface area is 92.8 Å². The molecule has 0 heterocycles. The SMILES string of the molecule is CCOC(=O)[C@H](CN)[C@H](C(C)C)N(C)C. The highest BCUT2D eigenvalue weighted by Gasteiger charge is 2.31. The Morgan fingerprint density at radius 2 is 1.93 bits per heavy atom. The molecular formula is C11H24N2O2. The summed E-state index contributed by atoms with van der Waals surface area (Å²) in [6.45, 7) is 6.73. The molecule has 0 aromatic heterocycles. The molecule has 0 amide bonds. The molecule has 0 aromatic rings. The molecule has 0 aliphatic carbocycles. The van der Waals surface area contributed by atoms with Gasteiger partial charge in [0.25, 0.3) is 0 Å². The molecule has 0 aliphatic rings. The summed E-state index contributed by atoms with van der Waals surface area (Å²) in [5, 5.41) is 0. The molecule has 0 saturated carbocycles. The second-order valence-electron chi connectivity index (χ2n) is 4.29. The van der Waals surface area contributed by atoms with Gasteiger partial charge in [0, 0.05) is 12.6 Å². The van der Waals surface area contributed by atoms with Crippen molar-refractivity contribution >= 4 is 5.97 Å². The summed E-state index contributed by atoms with van der Waals surface area (Å²) in [7, 11) is 3.93. The van der Waals surface area contributed by atoms with Crippen LogP contribution in [0, 0.1) is 11.8 Å². The molecule has 90 valence electrons. The Bertz CT molecular complexity index is 185. The summed E-state index contributed by atoms with van der Waals surface area (Å²) in [4.78, 5) is 13.7. The Kier molecular flexibility index (Phi) is 6.52. The van der Waals surface area contributed by atoms with Gasteiger partial charge in [-0.05, 0) is 26.9 Å². The van der Waals surface area contributed by atoms with Crippen molar-refractivity contribution in [2.24, 2.45) is 17.6 Å². The molecule has 0 bridgehead atoms. The number of carbonyl (C=O) groups excluding carboxylic acids is 1. The number of nitrogens with zero attached hydrogens (tertiary/aromatic N) is 1. The molecule has 15 heavy (non-hydrogen) atoms. The van der Waals surface area contributed by atoms with Crippen LogP contribution in [-0.4, -0.2) is 44.2 Å². The zero-order chi connectivity index (χ0) is 12.0. The first-order valence-corrected chi connectivity index (χ1v) is 5.48. The van der Waals surface area contributed by atoms with E-state index in [2.05, 4.69) is 13.8 Å². The van der Waals surface area contributed by atoms with Crippen LogP contribution in [0.4, 0.5) is 0 Å². The summed E-state index contributed by atoms with van der Waals surface area (Å²) in [6.07, 6.45) is 0. The molecule has 0 rings (SSSR count). The minimum absolute atomic E-state index is 0.133. The number of carbonyl (C=O) groups is 1. The fourth-order valence-electron chi connectivity index (χ4n) is 2.05. The Hall–Kier alpha value is -0.610. The largest absolute Gasteiger partial charge is 0.466 e. The van der Waals surface area contributed by atoms with Gasteiger partial charge in [0.05, 0.1) is 12.5 Å². The van der Waals surface area contributed by atoms with E-state index in [4.69, 9.17) is 10.5 Å². The minimum atomic E-state index is -0.236. The van der Waals surface area contributed by atoms with E-state index in [9.17, 15) is 4.79 Å². The topological polar surface area (TPSA) is 55.6 Å². The molecule has 0 spiro atoms. The fourth-order valence-corrected chi connectivity index (χ4v) is 2.05. The first-order chi connectivity index (χ1) is 6.95. The molecule has 0 radical (unpaired) electrons. The molecule has 2 N–H and O–H groups in total. The molecule has 0 unspecified atom stereocenters. The highest BCUT2D eigenvalue weighted by atomic mass is 16.5. The lowest BCUT2D eigenvalue weighted by Crippen LogP contribution is -2.47. The van der Waals surface area contributed by atoms with Crippen LogP contribution in [0.5, 0.6) is 0 Å². The maximum Gasteiger partial charge on any atom is 0.311 e. The molecule has 0 aromatic carbocycles. The van der Waals surface area contributed by atoms with Crippen molar-refractivity contribution in [3.05, 3.63) is 0 Å². The van der Waals surface area contributed by atoms with Crippen LogP contribution in [0.15, 0.2) is 0 Å². The van der Waals surface area contributed by atoms with Crippen molar-refractivity contribution < 1.29 is 9.53 Å². The lowest BCUT2D eigenvalue weighted by Gasteiger charge is -2.33. The van der Waals surface area contributed by atoms with E-state index in [-0.39, 0.29) is 17.9 Å². The van der Waals surface area contributed by atoms with Crippen LogP contribution in [0.1, 0.15) is 20.8 Å². The summed E-state index contributed by atoms with van der Waals surface area (Å²) in [5.74, 6) is -0.0506. The average Bonchev–Trinajstić information content (AvgIpc) is 2.12. The molecule has 2 atom stereocenters. The molecule has 4 heteroatoms. The lowest BCUT2D eigenvalue weighted by molar-refractivity contribution is -0.150. The van der Waals surface area contributed by atoms with Gasteiger partial charge in [-0.3, -0.25) is 4.79 Å². The number of hydrogen-bond donors (Lipinski definition) is 1. The third-order valence-corrected chi connectivity index (χ3v) is 2.53. The average molecular weight is 216 g/mol. The van der Waals surface area contributed by atoms with Gasteiger partial charge in [0.1, 0.15) is 0 Å². The van der Waals surface area contributed by atoms with E-state index < -0.39 is 0 Å².